The molecule has 1 aromatic heterocycles. The van der Waals surface area contributed by atoms with Gasteiger partial charge in [-0.2, -0.15) is 4.98 Å². The van der Waals surface area contributed by atoms with Crippen molar-refractivity contribution < 1.29 is 9.15 Å². The van der Waals surface area contributed by atoms with Gasteiger partial charge < -0.3 is 19.8 Å². The standard InChI is InChI=1S/C10H17N3O2/c1-7(5-11)13(2)10-12-8-3-4-14-6-9(8)15-10/h7H,3-6,11H2,1-2H3. The Morgan fingerprint density at radius 3 is 3.07 bits per heavy atom. The first-order chi connectivity index (χ1) is 7.22. The topological polar surface area (TPSA) is 64.5 Å². The van der Waals surface area contributed by atoms with E-state index in [1.54, 1.807) is 0 Å². The van der Waals surface area contributed by atoms with Gasteiger partial charge in [0.15, 0.2) is 5.76 Å². The smallest absolute Gasteiger partial charge is 0.297 e. The number of fused-ring (bicyclic) bond motifs is 1. The number of aromatic nitrogens is 1. The van der Waals surface area contributed by atoms with E-state index in [0.717, 1.165) is 24.5 Å². The quantitative estimate of drug-likeness (QED) is 0.790. The second-order valence-electron chi connectivity index (χ2n) is 3.86. The molecule has 0 bridgehead atoms. The molecular weight excluding hydrogens is 194 g/mol. The fraction of sp³-hybridized carbons (Fsp3) is 0.700. The van der Waals surface area contributed by atoms with Gasteiger partial charge in [-0.15, -0.1) is 0 Å². The average molecular weight is 211 g/mol. The number of hydrogen-bond donors (Lipinski definition) is 1. The Labute approximate surface area is 89.2 Å². The Morgan fingerprint density at radius 2 is 2.40 bits per heavy atom. The molecule has 1 aliphatic heterocycles. The molecule has 0 aromatic carbocycles. The number of ether oxygens (including phenoxy) is 1. The summed E-state index contributed by atoms with van der Waals surface area (Å²) in [5.74, 6) is 0.854. The first kappa shape index (κ1) is 10.4. The van der Waals surface area contributed by atoms with Gasteiger partial charge in [-0.05, 0) is 6.92 Å². The molecule has 5 nitrogen and oxygen atoms in total. The third kappa shape index (κ3) is 1.98. The van der Waals surface area contributed by atoms with Crippen LogP contribution < -0.4 is 10.6 Å². The van der Waals surface area contributed by atoms with Crippen LogP contribution in [0.15, 0.2) is 4.42 Å². The highest BCUT2D eigenvalue weighted by atomic mass is 16.5. The van der Waals surface area contributed by atoms with Gasteiger partial charge in [-0.3, -0.25) is 0 Å². The van der Waals surface area contributed by atoms with Crippen LogP contribution in [0, 0.1) is 0 Å². The number of rotatable bonds is 3. The van der Waals surface area contributed by atoms with Crippen molar-refractivity contribution in [3.8, 4) is 0 Å². The van der Waals surface area contributed by atoms with Gasteiger partial charge in [0.05, 0.1) is 12.3 Å². The molecule has 84 valence electrons. The maximum Gasteiger partial charge on any atom is 0.297 e. The van der Waals surface area contributed by atoms with E-state index in [0.29, 0.717) is 19.2 Å². The molecule has 0 saturated carbocycles. The zero-order chi connectivity index (χ0) is 10.8. The van der Waals surface area contributed by atoms with Gasteiger partial charge in [0.2, 0.25) is 0 Å². The summed E-state index contributed by atoms with van der Waals surface area (Å²) in [6.07, 6.45) is 0.837. The Bertz CT molecular complexity index is 314. The highest BCUT2D eigenvalue weighted by molar-refractivity contribution is 5.30. The lowest BCUT2D eigenvalue weighted by atomic mass is 10.2. The van der Waals surface area contributed by atoms with Gasteiger partial charge in [0.25, 0.3) is 6.01 Å². The van der Waals surface area contributed by atoms with Gasteiger partial charge >= 0.3 is 0 Å². The zero-order valence-corrected chi connectivity index (χ0v) is 9.19. The number of anilines is 1. The highest BCUT2D eigenvalue weighted by Crippen LogP contribution is 2.23. The Balaban J connectivity index is 2.18. The Kier molecular flexibility index (Phi) is 2.93. The van der Waals surface area contributed by atoms with E-state index in [9.17, 15) is 0 Å². The molecule has 0 radical (unpaired) electrons. The lowest BCUT2D eigenvalue weighted by Crippen LogP contribution is -2.35. The summed E-state index contributed by atoms with van der Waals surface area (Å²) in [5, 5.41) is 0. The summed E-state index contributed by atoms with van der Waals surface area (Å²) >= 11 is 0. The van der Waals surface area contributed by atoms with Crippen molar-refractivity contribution in [2.75, 3.05) is 25.1 Å². The first-order valence-electron chi connectivity index (χ1n) is 5.21. The summed E-state index contributed by atoms with van der Waals surface area (Å²) < 4.78 is 10.9. The van der Waals surface area contributed by atoms with E-state index in [4.69, 9.17) is 14.9 Å². The van der Waals surface area contributed by atoms with Crippen molar-refractivity contribution in [2.45, 2.75) is 26.0 Å². The molecular formula is C10H17N3O2. The molecule has 5 heteroatoms. The number of nitrogens with two attached hydrogens (primary N) is 1. The van der Waals surface area contributed by atoms with Crippen LogP contribution in [-0.2, 0) is 17.8 Å². The minimum atomic E-state index is 0.228. The fourth-order valence-electron chi connectivity index (χ4n) is 1.51. The average Bonchev–Trinajstić information content (AvgIpc) is 2.70. The molecule has 2 rings (SSSR count). The predicted octanol–water partition coefficient (Wildman–Crippen LogP) is 0.531. The normalized spacial score (nSPS) is 17.3. The summed E-state index contributed by atoms with van der Waals surface area (Å²) in [7, 11) is 1.94. The van der Waals surface area contributed by atoms with Crippen molar-refractivity contribution >= 4 is 6.01 Å². The summed E-state index contributed by atoms with van der Waals surface area (Å²) in [4.78, 5) is 6.40. The van der Waals surface area contributed by atoms with E-state index in [1.165, 1.54) is 0 Å². The number of likely N-dealkylation sites (N-methyl/N-ethyl adjacent to an activating group) is 1. The van der Waals surface area contributed by atoms with E-state index in [2.05, 4.69) is 4.98 Å². The van der Waals surface area contributed by atoms with Crippen molar-refractivity contribution in [1.29, 1.82) is 0 Å². The highest BCUT2D eigenvalue weighted by Gasteiger charge is 2.21. The van der Waals surface area contributed by atoms with Crippen LogP contribution in [0.4, 0.5) is 6.01 Å². The molecule has 0 saturated heterocycles. The molecule has 0 spiro atoms. The van der Waals surface area contributed by atoms with E-state index in [-0.39, 0.29) is 6.04 Å². The van der Waals surface area contributed by atoms with Gasteiger partial charge in [-0.1, -0.05) is 0 Å². The van der Waals surface area contributed by atoms with Crippen LogP contribution in [0.2, 0.25) is 0 Å². The minimum absolute atomic E-state index is 0.228. The minimum Gasteiger partial charge on any atom is -0.426 e. The maximum absolute atomic E-state index is 5.63. The number of hydrogen-bond acceptors (Lipinski definition) is 5. The third-order valence-electron chi connectivity index (χ3n) is 2.79. The van der Waals surface area contributed by atoms with Gasteiger partial charge in [-0.25, -0.2) is 0 Å². The van der Waals surface area contributed by atoms with Crippen molar-refractivity contribution in [3.63, 3.8) is 0 Å². The Hall–Kier alpha value is -1.07. The number of nitrogens with zero attached hydrogens (tertiary/aromatic N) is 2. The molecule has 0 amide bonds. The van der Waals surface area contributed by atoms with Crippen LogP contribution in [0.3, 0.4) is 0 Å². The van der Waals surface area contributed by atoms with Crippen molar-refractivity contribution in [3.05, 3.63) is 11.5 Å². The predicted molar refractivity (Wildman–Crippen MR) is 56.8 cm³/mol. The summed E-state index contributed by atoms with van der Waals surface area (Å²) in [6.45, 7) is 3.89. The first-order valence-corrected chi connectivity index (χ1v) is 5.21. The fourth-order valence-corrected chi connectivity index (χ4v) is 1.51. The molecule has 1 aromatic rings. The Morgan fingerprint density at radius 1 is 1.60 bits per heavy atom. The van der Waals surface area contributed by atoms with E-state index >= 15 is 0 Å². The van der Waals surface area contributed by atoms with Crippen molar-refractivity contribution in [2.24, 2.45) is 5.73 Å². The third-order valence-corrected chi connectivity index (χ3v) is 2.79. The molecule has 2 heterocycles. The second-order valence-corrected chi connectivity index (χ2v) is 3.86. The van der Waals surface area contributed by atoms with Gasteiger partial charge in [0.1, 0.15) is 6.61 Å². The molecule has 2 N–H and O–H groups in total. The molecule has 15 heavy (non-hydrogen) atoms. The molecule has 1 unspecified atom stereocenters. The second kappa shape index (κ2) is 4.20. The molecule has 1 atom stereocenters. The lowest BCUT2D eigenvalue weighted by molar-refractivity contribution is 0.0938. The monoisotopic (exact) mass is 211 g/mol. The largest absolute Gasteiger partial charge is 0.426 e. The zero-order valence-electron chi connectivity index (χ0n) is 9.19. The van der Waals surface area contributed by atoms with E-state index < -0.39 is 0 Å². The van der Waals surface area contributed by atoms with Crippen LogP contribution >= 0.6 is 0 Å². The molecule has 1 aliphatic rings. The summed E-state index contributed by atoms with van der Waals surface area (Å²) in [6, 6.07) is 0.870. The lowest BCUT2D eigenvalue weighted by Gasteiger charge is -2.21. The molecule has 0 fully saturated rings. The molecule has 0 aliphatic carbocycles. The van der Waals surface area contributed by atoms with Crippen LogP contribution in [0.25, 0.3) is 0 Å². The van der Waals surface area contributed by atoms with E-state index in [1.807, 2.05) is 18.9 Å². The van der Waals surface area contributed by atoms with Crippen LogP contribution in [0.5, 0.6) is 0 Å². The van der Waals surface area contributed by atoms with Gasteiger partial charge in [0, 0.05) is 26.1 Å². The summed E-state index contributed by atoms with van der Waals surface area (Å²) in [5.41, 5.74) is 6.62. The SMILES string of the molecule is CC(CN)N(C)c1nc2c(o1)COCC2. The van der Waals surface area contributed by atoms with Crippen molar-refractivity contribution in [1.82, 2.24) is 4.98 Å². The maximum atomic E-state index is 5.63. The van der Waals surface area contributed by atoms with Crippen LogP contribution in [-0.4, -0.2) is 31.2 Å². The number of oxazole rings is 1. The van der Waals surface area contributed by atoms with Crippen LogP contribution in [0.1, 0.15) is 18.4 Å².